The lowest BCUT2D eigenvalue weighted by molar-refractivity contribution is -0.148. The van der Waals surface area contributed by atoms with Gasteiger partial charge in [-0.25, -0.2) is 4.79 Å². The number of amidine groups is 1. The van der Waals surface area contributed by atoms with E-state index in [9.17, 15) is 19.5 Å². The van der Waals surface area contributed by atoms with E-state index in [0.29, 0.717) is 22.4 Å². The van der Waals surface area contributed by atoms with Gasteiger partial charge >= 0.3 is 5.97 Å². The van der Waals surface area contributed by atoms with Gasteiger partial charge in [0.25, 0.3) is 5.91 Å². The highest BCUT2D eigenvalue weighted by atomic mass is 35.5. The number of amides is 1. The fourth-order valence-electron chi connectivity index (χ4n) is 4.03. The maximum Gasteiger partial charge on any atom is 0.345 e. The molecule has 1 saturated carbocycles. The highest BCUT2D eigenvalue weighted by Crippen LogP contribution is 2.29. The van der Waals surface area contributed by atoms with Gasteiger partial charge in [0.05, 0.1) is 6.04 Å². The summed E-state index contributed by atoms with van der Waals surface area (Å²) in [6.45, 7) is 1.60. The van der Waals surface area contributed by atoms with Crippen molar-refractivity contribution in [2.75, 3.05) is 0 Å². The van der Waals surface area contributed by atoms with Crippen LogP contribution in [-0.4, -0.2) is 40.7 Å². The summed E-state index contributed by atoms with van der Waals surface area (Å²) in [6, 6.07) is 11.8. The van der Waals surface area contributed by atoms with Crippen molar-refractivity contribution in [1.29, 1.82) is 5.41 Å². The normalized spacial score (nSPS) is 15.3. The van der Waals surface area contributed by atoms with Crippen LogP contribution in [0.5, 0.6) is 5.75 Å². The zero-order chi connectivity index (χ0) is 24.0. The minimum Gasteiger partial charge on any atom is -0.478 e. The van der Waals surface area contributed by atoms with Gasteiger partial charge in [-0.2, -0.15) is 0 Å². The molecule has 3 rings (SSSR count). The van der Waals surface area contributed by atoms with Crippen molar-refractivity contribution in [3.8, 4) is 5.75 Å². The topological polar surface area (TPSA) is 143 Å². The number of carboxylic acid groups (broad SMARTS) is 1. The lowest BCUT2D eigenvalue weighted by Gasteiger charge is -2.27. The minimum absolute atomic E-state index is 0. The first-order valence-corrected chi connectivity index (χ1v) is 11.1. The number of nitrogens with two attached hydrogens (primary N) is 1. The number of carboxylic acids is 1. The van der Waals surface area contributed by atoms with Crippen LogP contribution in [0.1, 0.15) is 65.3 Å². The first-order valence-electron chi connectivity index (χ1n) is 11.1. The van der Waals surface area contributed by atoms with E-state index in [1.807, 2.05) is 0 Å². The number of ether oxygens (including phenoxy) is 1. The Morgan fingerprint density at radius 1 is 0.971 bits per heavy atom. The summed E-state index contributed by atoms with van der Waals surface area (Å²) in [5.74, 6) is -1.38. The highest BCUT2D eigenvalue weighted by Gasteiger charge is 2.31. The monoisotopic (exact) mass is 487 g/mol. The summed E-state index contributed by atoms with van der Waals surface area (Å²) in [7, 11) is 0. The molecule has 0 radical (unpaired) electrons. The van der Waals surface area contributed by atoms with E-state index in [0.717, 1.165) is 32.1 Å². The predicted octanol–water partition coefficient (Wildman–Crippen LogP) is 3.81. The molecule has 9 heteroatoms. The Balaban J connectivity index is 0.00000408. The van der Waals surface area contributed by atoms with Crippen LogP contribution in [0, 0.1) is 11.3 Å². The van der Waals surface area contributed by atoms with Gasteiger partial charge in [0.15, 0.2) is 11.9 Å². The predicted molar refractivity (Wildman–Crippen MR) is 131 cm³/mol. The minimum atomic E-state index is -0.977. The summed E-state index contributed by atoms with van der Waals surface area (Å²) >= 11 is 0. The average Bonchev–Trinajstić information content (AvgIpc) is 2.82. The molecular weight excluding hydrogens is 458 g/mol. The first kappa shape index (κ1) is 26.9. The molecule has 182 valence electrons. The highest BCUT2D eigenvalue weighted by molar-refractivity contribution is 6.04. The Hall–Kier alpha value is -3.39. The first-order chi connectivity index (χ1) is 15.8. The third-order valence-corrected chi connectivity index (χ3v) is 5.92. The van der Waals surface area contributed by atoms with Crippen molar-refractivity contribution < 1.29 is 24.2 Å². The van der Waals surface area contributed by atoms with Gasteiger partial charge in [0.1, 0.15) is 11.6 Å². The van der Waals surface area contributed by atoms with E-state index in [1.54, 1.807) is 55.5 Å². The number of carbonyl (C=O) groups excluding carboxylic acids is 2. The van der Waals surface area contributed by atoms with Crippen LogP contribution in [0.4, 0.5) is 0 Å². The number of ketones is 1. The van der Waals surface area contributed by atoms with Crippen molar-refractivity contribution in [3.05, 3.63) is 65.2 Å². The summed E-state index contributed by atoms with van der Waals surface area (Å²) in [6.07, 6.45) is 3.91. The third kappa shape index (κ3) is 6.81. The van der Waals surface area contributed by atoms with Gasteiger partial charge in [-0.3, -0.25) is 15.0 Å². The van der Waals surface area contributed by atoms with Gasteiger partial charge in [-0.05, 0) is 56.2 Å². The van der Waals surface area contributed by atoms with E-state index in [2.05, 4.69) is 5.32 Å². The molecule has 2 aromatic rings. The zero-order valence-electron chi connectivity index (χ0n) is 19.0. The van der Waals surface area contributed by atoms with Crippen LogP contribution >= 0.6 is 12.4 Å². The number of nitrogens with one attached hydrogen (secondary N) is 2. The SMILES string of the molecule is CC(NC(=O)c1ccc(C(=N)N)cc1)C(=O)c1ccc(O[C@H](C(=O)O)C2CCCCC2)cc1.Cl. The molecule has 1 aliphatic carbocycles. The molecule has 1 unspecified atom stereocenters. The molecule has 1 fully saturated rings. The molecule has 0 aromatic heterocycles. The van der Waals surface area contributed by atoms with Crippen LogP contribution in [0.3, 0.4) is 0 Å². The number of halogens is 1. The van der Waals surface area contributed by atoms with Crippen LogP contribution in [-0.2, 0) is 4.79 Å². The standard InChI is InChI=1S/C25H29N3O5.ClH/c1-15(28-24(30)19-9-7-18(8-10-19)23(26)27)21(29)16-11-13-20(14-12-16)33-22(25(31)32)17-5-3-2-4-6-17;/h7-15,17,22H,2-6H2,1H3,(H3,26,27)(H,28,30)(H,31,32);1H/t15?,22-;/m0./s1. The van der Waals surface area contributed by atoms with Crippen LogP contribution < -0.4 is 15.8 Å². The smallest absolute Gasteiger partial charge is 0.345 e. The van der Waals surface area contributed by atoms with Gasteiger partial charge in [0, 0.05) is 22.6 Å². The number of hydrogen-bond donors (Lipinski definition) is 4. The zero-order valence-corrected chi connectivity index (χ0v) is 19.8. The number of rotatable bonds is 9. The maximum absolute atomic E-state index is 12.7. The van der Waals surface area contributed by atoms with Crippen molar-refractivity contribution in [2.45, 2.75) is 51.2 Å². The second-order valence-corrected chi connectivity index (χ2v) is 8.35. The summed E-state index contributed by atoms with van der Waals surface area (Å²) in [5, 5.41) is 19.6. The summed E-state index contributed by atoms with van der Waals surface area (Å²) in [5.41, 5.74) is 6.65. The molecule has 0 bridgehead atoms. The Morgan fingerprint density at radius 3 is 2.03 bits per heavy atom. The van der Waals surface area contributed by atoms with Crippen molar-refractivity contribution >= 4 is 35.9 Å². The molecule has 0 saturated heterocycles. The van der Waals surface area contributed by atoms with E-state index in [1.165, 1.54) is 0 Å². The van der Waals surface area contributed by atoms with Gasteiger partial charge in [-0.15, -0.1) is 12.4 Å². The van der Waals surface area contributed by atoms with Crippen molar-refractivity contribution in [2.24, 2.45) is 11.7 Å². The molecule has 2 aromatic carbocycles. The number of nitrogen functional groups attached to an aromatic ring is 1. The maximum atomic E-state index is 12.7. The summed E-state index contributed by atoms with van der Waals surface area (Å²) < 4.78 is 5.75. The molecule has 0 heterocycles. The molecule has 2 atom stereocenters. The lowest BCUT2D eigenvalue weighted by atomic mass is 9.85. The van der Waals surface area contributed by atoms with Crippen molar-refractivity contribution in [1.82, 2.24) is 5.32 Å². The average molecular weight is 488 g/mol. The van der Waals surface area contributed by atoms with E-state index in [4.69, 9.17) is 15.9 Å². The second-order valence-electron chi connectivity index (χ2n) is 8.35. The molecule has 0 aliphatic heterocycles. The Bertz CT molecular complexity index is 1020. The van der Waals surface area contributed by atoms with E-state index in [-0.39, 0.29) is 29.9 Å². The Labute approximate surface area is 204 Å². The number of hydrogen-bond acceptors (Lipinski definition) is 5. The van der Waals surface area contributed by atoms with Gasteiger partial charge in [-0.1, -0.05) is 31.4 Å². The molecule has 1 amide bonds. The lowest BCUT2D eigenvalue weighted by Crippen LogP contribution is -2.38. The third-order valence-electron chi connectivity index (χ3n) is 5.92. The number of benzene rings is 2. The largest absolute Gasteiger partial charge is 0.478 e. The van der Waals surface area contributed by atoms with Crippen molar-refractivity contribution in [3.63, 3.8) is 0 Å². The number of carbonyl (C=O) groups is 3. The van der Waals surface area contributed by atoms with Gasteiger partial charge < -0.3 is 20.9 Å². The fraction of sp³-hybridized carbons (Fsp3) is 0.360. The van der Waals surface area contributed by atoms with Crippen LogP contribution in [0.15, 0.2) is 48.5 Å². The fourth-order valence-corrected chi connectivity index (χ4v) is 4.03. The van der Waals surface area contributed by atoms with Crippen LogP contribution in [0.2, 0.25) is 0 Å². The number of aliphatic carboxylic acids is 1. The number of Topliss-reactive ketones (excluding diaryl/α,β-unsaturated/α-hetero) is 1. The molecular formula is C25H30ClN3O5. The molecule has 34 heavy (non-hydrogen) atoms. The molecule has 1 aliphatic rings. The molecule has 8 nitrogen and oxygen atoms in total. The molecule has 0 spiro atoms. The quantitative estimate of drug-likeness (QED) is 0.240. The van der Waals surface area contributed by atoms with Crippen LogP contribution in [0.25, 0.3) is 0 Å². The Kier molecular flexibility index (Phi) is 9.62. The summed E-state index contributed by atoms with van der Waals surface area (Å²) in [4.78, 5) is 36.9. The van der Waals surface area contributed by atoms with E-state index >= 15 is 0 Å². The van der Waals surface area contributed by atoms with E-state index < -0.39 is 24.0 Å². The second kappa shape index (κ2) is 12.2. The Morgan fingerprint density at radius 2 is 1.50 bits per heavy atom. The molecule has 5 N–H and O–H groups in total. The van der Waals surface area contributed by atoms with Gasteiger partial charge in [0.2, 0.25) is 0 Å².